The van der Waals surface area contributed by atoms with Gasteiger partial charge in [-0.2, -0.15) is 0 Å². The number of benzene rings is 2. The van der Waals surface area contributed by atoms with Gasteiger partial charge >= 0.3 is 0 Å². The lowest BCUT2D eigenvalue weighted by Gasteiger charge is -2.06. The fourth-order valence-corrected chi connectivity index (χ4v) is 2.10. The van der Waals surface area contributed by atoms with Gasteiger partial charge in [0.15, 0.2) is 5.82 Å². The number of aromatic nitrogens is 4. The molecule has 110 valence electrons. The summed E-state index contributed by atoms with van der Waals surface area (Å²) in [5.74, 6) is 0.136. The highest BCUT2D eigenvalue weighted by Crippen LogP contribution is 2.16. The molecule has 0 spiro atoms. The molecule has 0 radical (unpaired) electrons. The molecule has 0 aliphatic heterocycles. The fraction of sp³-hybridized carbons (Fsp3) is 0.0667. The van der Waals surface area contributed by atoms with E-state index in [1.807, 2.05) is 30.3 Å². The van der Waals surface area contributed by atoms with Crippen molar-refractivity contribution in [3.05, 3.63) is 65.7 Å². The van der Waals surface area contributed by atoms with Crippen molar-refractivity contribution in [2.75, 3.05) is 0 Å². The molecule has 0 fully saturated rings. The van der Waals surface area contributed by atoms with Crippen LogP contribution in [0.2, 0.25) is 0 Å². The summed E-state index contributed by atoms with van der Waals surface area (Å²) in [6.45, 7) is 0.484. The standard InChI is InChI=1S/C15H13N5O2/c21-15(17-22)13-8-6-11(7-9-13)10-20-14(16-18-19-20)12-4-2-1-3-5-12/h1-9,22H,10H2,(H,17,21). The largest absolute Gasteiger partial charge is 0.288 e. The van der Waals surface area contributed by atoms with Crippen LogP contribution in [0.5, 0.6) is 0 Å². The first-order valence-electron chi connectivity index (χ1n) is 6.63. The molecule has 2 N–H and O–H groups in total. The molecule has 2 aromatic carbocycles. The van der Waals surface area contributed by atoms with Gasteiger partial charge in [0.2, 0.25) is 0 Å². The topological polar surface area (TPSA) is 92.9 Å². The van der Waals surface area contributed by atoms with Crippen molar-refractivity contribution in [1.29, 1.82) is 0 Å². The van der Waals surface area contributed by atoms with E-state index >= 15 is 0 Å². The summed E-state index contributed by atoms with van der Waals surface area (Å²) < 4.78 is 1.69. The summed E-state index contributed by atoms with van der Waals surface area (Å²) in [6.07, 6.45) is 0. The number of rotatable bonds is 4. The van der Waals surface area contributed by atoms with E-state index in [4.69, 9.17) is 5.21 Å². The summed E-state index contributed by atoms with van der Waals surface area (Å²) in [5, 5.41) is 20.4. The molecule has 0 bridgehead atoms. The van der Waals surface area contributed by atoms with E-state index in [1.165, 1.54) is 0 Å². The van der Waals surface area contributed by atoms with Crippen LogP contribution in [-0.4, -0.2) is 31.3 Å². The van der Waals surface area contributed by atoms with Crippen molar-refractivity contribution >= 4 is 5.91 Å². The molecule has 1 aromatic heterocycles. The van der Waals surface area contributed by atoms with Gasteiger partial charge in [-0.05, 0) is 28.1 Å². The predicted molar refractivity (Wildman–Crippen MR) is 78.0 cm³/mol. The highest BCUT2D eigenvalue weighted by atomic mass is 16.5. The molecule has 0 unspecified atom stereocenters. The summed E-state index contributed by atoms with van der Waals surface area (Å²) in [4.78, 5) is 11.3. The van der Waals surface area contributed by atoms with E-state index in [1.54, 1.807) is 34.4 Å². The number of nitrogens with one attached hydrogen (secondary N) is 1. The van der Waals surface area contributed by atoms with Crippen LogP contribution in [0.3, 0.4) is 0 Å². The van der Waals surface area contributed by atoms with Crippen molar-refractivity contribution in [3.8, 4) is 11.4 Å². The zero-order valence-corrected chi connectivity index (χ0v) is 11.5. The maximum atomic E-state index is 11.3. The summed E-state index contributed by atoms with van der Waals surface area (Å²) in [6, 6.07) is 16.5. The molecule has 22 heavy (non-hydrogen) atoms. The Kier molecular flexibility index (Phi) is 3.88. The van der Waals surface area contributed by atoms with Crippen molar-refractivity contribution in [3.63, 3.8) is 0 Å². The first-order valence-corrected chi connectivity index (χ1v) is 6.63. The van der Waals surface area contributed by atoms with Crippen molar-refractivity contribution < 1.29 is 10.0 Å². The number of hydroxylamine groups is 1. The van der Waals surface area contributed by atoms with Gasteiger partial charge in [0.1, 0.15) is 0 Å². The smallest absolute Gasteiger partial charge is 0.274 e. The van der Waals surface area contributed by atoms with Gasteiger partial charge in [-0.15, -0.1) is 5.10 Å². The molecule has 0 aliphatic rings. The van der Waals surface area contributed by atoms with Crippen LogP contribution in [0.4, 0.5) is 0 Å². The number of carbonyl (C=O) groups is 1. The Morgan fingerprint density at radius 1 is 1.09 bits per heavy atom. The lowest BCUT2D eigenvalue weighted by Crippen LogP contribution is -2.18. The molecule has 3 rings (SSSR count). The zero-order chi connectivity index (χ0) is 15.4. The minimum atomic E-state index is -0.543. The van der Waals surface area contributed by atoms with Gasteiger partial charge in [-0.1, -0.05) is 42.5 Å². The number of hydrogen-bond donors (Lipinski definition) is 2. The Morgan fingerprint density at radius 2 is 1.82 bits per heavy atom. The molecule has 1 amide bonds. The van der Waals surface area contributed by atoms with Gasteiger partial charge in [-0.25, -0.2) is 10.2 Å². The number of amides is 1. The lowest BCUT2D eigenvalue weighted by atomic mass is 10.1. The van der Waals surface area contributed by atoms with Crippen LogP contribution in [-0.2, 0) is 6.54 Å². The molecular weight excluding hydrogens is 282 g/mol. The van der Waals surface area contributed by atoms with Crippen LogP contribution < -0.4 is 5.48 Å². The minimum Gasteiger partial charge on any atom is -0.288 e. The SMILES string of the molecule is O=C(NO)c1ccc(Cn2nnnc2-c2ccccc2)cc1. The third kappa shape index (κ3) is 2.84. The first-order chi connectivity index (χ1) is 10.8. The van der Waals surface area contributed by atoms with Gasteiger partial charge in [0, 0.05) is 11.1 Å². The van der Waals surface area contributed by atoms with Crippen LogP contribution in [0.1, 0.15) is 15.9 Å². The molecule has 0 saturated heterocycles. The molecule has 3 aromatic rings. The highest BCUT2D eigenvalue weighted by Gasteiger charge is 2.09. The number of tetrazole rings is 1. The Bertz CT molecular complexity index is 768. The molecule has 7 nitrogen and oxygen atoms in total. The van der Waals surface area contributed by atoms with Gasteiger partial charge in [-0.3, -0.25) is 10.0 Å². The maximum absolute atomic E-state index is 11.3. The van der Waals surface area contributed by atoms with Crippen LogP contribution in [0, 0.1) is 0 Å². The van der Waals surface area contributed by atoms with Crippen molar-refractivity contribution in [2.45, 2.75) is 6.54 Å². The second-order valence-electron chi connectivity index (χ2n) is 4.66. The molecule has 1 heterocycles. The molecule has 0 atom stereocenters. The normalized spacial score (nSPS) is 10.4. The van der Waals surface area contributed by atoms with Crippen LogP contribution in [0.15, 0.2) is 54.6 Å². The molecule has 0 aliphatic carbocycles. The zero-order valence-electron chi connectivity index (χ0n) is 11.5. The van der Waals surface area contributed by atoms with Gasteiger partial charge in [0.05, 0.1) is 6.54 Å². The van der Waals surface area contributed by atoms with E-state index in [0.29, 0.717) is 17.9 Å². The Hall–Kier alpha value is -3.06. The van der Waals surface area contributed by atoms with E-state index in [2.05, 4.69) is 15.5 Å². The second kappa shape index (κ2) is 6.15. The molecule has 0 saturated carbocycles. The minimum absolute atomic E-state index is 0.381. The Labute approximate surface area is 126 Å². The summed E-state index contributed by atoms with van der Waals surface area (Å²) >= 11 is 0. The Balaban J connectivity index is 1.83. The third-order valence-electron chi connectivity index (χ3n) is 3.21. The van der Waals surface area contributed by atoms with Crippen LogP contribution >= 0.6 is 0 Å². The first kappa shape index (κ1) is 13.9. The highest BCUT2D eigenvalue weighted by molar-refractivity contribution is 5.93. The van der Waals surface area contributed by atoms with E-state index in [0.717, 1.165) is 11.1 Å². The average molecular weight is 295 g/mol. The number of nitrogens with zero attached hydrogens (tertiary/aromatic N) is 4. The fourth-order valence-electron chi connectivity index (χ4n) is 2.10. The molecule has 7 heteroatoms. The van der Waals surface area contributed by atoms with Crippen molar-refractivity contribution in [1.82, 2.24) is 25.7 Å². The van der Waals surface area contributed by atoms with E-state index in [-0.39, 0.29) is 0 Å². The summed E-state index contributed by atoms with van der Waals surface area (Å²) in [7, 11) is 0. The third-order valence-corrected chi connectivity index (χ3v) is 3.21. The average Bonchev–Trinajstić information content (AvgIpc) is 3.04. The van der Waals surface area contributed by atoms with E-state index < -0.39 is 5.91 Å². The molecular formula is C15H13N5O2. The predicted octanol–water partition coefficient (Wildman–Crippen LogP) is 1.51. The maximum Gasteiger partial charge on any atom is 0.274 e. The van der Waals surface area contributed by atoms with Gasteiger partial charge < -0.3 is 0 Å². The van der Waals surface area contributed by atoms with E-state index in [9.17, 15) is 4.79 Å². The number of carbonyl (C=O) groups excluding carboxylic acids is 1. The Morgan fingerprint density at radius 3 is 2.50 bits per heavy atom. The lowest BCUT2D eigenvalue weighted by molar-refractivity contribution is 0.0706. The monoisotopic (exact) mass is 295 g/mol. The quantitative estimate of drug-likeness (QED) is 0.562. The summed E-state index contributed by atoms with van der Waals surface area (Å²) in [5.41, 5.74) is 3.86. The van der Waals surface area contributed by atoms with Crippen LogP contribution in [0.25, 0.3) is 11.4 Å². The van der Waals surface area contributed by atoms with Crippen molar-refractivity contribution in [2.24, 2.45) is 0 Å². The second-order valence-corrected chi connectivity index (χ2v) is 4.66. The van der Waals surface area contributed by atoms with Gasteiger partial charge in [0.25, 0.3) is 5.91 Å². The number of hydrogen-bond acceptors (Lipinski definition) is 5.